The fraction of sp³-hybridized carbons (Fsp3) is 0.278. The topological polar surface area (TPSA) is 40.7 Å². The van der Waals surface area contributed by atoms with Gasteiger partial charge in [0.05, 0.1) is 17.6 Å². The van der Waals surface area contributed by atoms with E-state index < -0.39 is 0 Å². The second-order valence-electron chi connectivity index (χ2n) is 5.72. The minimum Gasteiger partial charge on any atom is -0.341 e. The van der Waals surface area contributed by atoms with Gasteiger partial charge in [-0.15, -0.1) is 0 Å². The van der Waals surface area contributed by atoms with Crippen molar-refractivity contribution in [2.24, 2.45) is 0 Å². The van der Waals surface area contributed by atoms with Gasteiger partial charge in [-0.3, -0.25) is 0 Å². The lowest BCUT2D eigenvalue weighted by Gasteiger charge is -2.15. The first-order chi connectivity index (χ1) is 10.1. The van der Waals surface area contributed by atoms with Crippen molar-refractivity contribution in [1.29, 1.82) is 0 Å². The van der Waals surface area contributed by atoms with Crippen molar-refractivity contribution in [2.45, 2.75) is 33.4 Å². The molecule has 0 fully saturated rings. The van der Waals surface area contributed by atoms with Crippen molar-refractivity contribution in [2.75, 3.05) is 0 Å². The molecule has 108 valence electrons. The number of nitrogens with zero attached hydrogens (tertiary/aromatic N) is 1. The number of para-hydroxylation sites is 2. The van der Waals surface area contributed by atoms with Crippen LogP contribution in [0.5, 0.6) is 0 Å². The van der Waals surface area contributed by atoms with Gasteiger partial charge in [-0.2, -0.15) is 0 Å². The summed E-state index contributed by atoms with van der Waals surface area (Å²) < 4.78 is 0. The number of H-pyrrole nitrogens is 1. The fourth-order valence-electron chi connectivity index (χ4n) is 2.72. The van der Waals surface area contributed by atoms with Crippen LogP contribution in [0.3, 0.4) is 0 Å². The van der Waals surface area contributed by atoms with Crippen LogP contribution in [0.1, 0.15) is 35.5 Å². The van der Waals surface area contributed by atoms with E-state index in [-0.39, 0.29) is 0 Å². The van der Waals surface area contributed by atoms with Crippen molar-refractivity contribution in [3.63, 3.8) is 0 Å². The van der Waals surface area contributed by atoms with E-state index >= 15 is 0 Å². The van der Waals surface area contributed by atoms with Gasteiger partial charge in [0.2, 0.25) is 0 Å². The maximum absolute atomic E-state index is 4.60. The zero-order valence-electron chi connectivity index (χ0n) is 12.8. The Kier molecular flexibility index (Phi) is 3.76. The van der Waals surface area contributed by atoms with E-state index in [1.807, 2.05) is 18.2 Å². The molecular formula is C18H21N3. The summed E-state index contributed by atoms with van der Waals surface area (Å²) in [5.74, 6) is 0.979. The number of imidazole rings is 1. The number of aromatic amines is 1. The van der Waals surface area contributed by atoms with E-state index in [1.165, 1.54) is 16.7 Å². The SMILES string of the molecule is Cc1cc(C)cc(C(C)NCc2nc3ccccc3[nH]2)c1. The van der Waals surface area contributed by atoms with Crippen LogP contribution in [0.4, 0.5) is 0 Å². The Morgan fingerprint density at radius 2 is 1.81 bits per heavy atom. The van der Waals surface area contributed by atoms with Gasteiger partial charge in [-0.1, -0.05) is 41.5 Å². The largest absolute Gasteiger partial charge is 0.341 e. The summed E-state index contributed by atoms with van der Waals surface area (Å²) in [5, 5.41) is 3.54. The fourth-order valence-corrected chi connectivity index (χ4v) is 2.72. The Labute approximate surface area is 125 Å². The van der Waals surface area contributed by atoms with Crippen LogP contribution in [0.15, 0.2) is 42.5 Å². The van der Waals surface area contributed by atoms with Crippen molar-refractivity contribution in [3.05, 3.63) is 65.0 Å². The third kappa shape index (κ3) is 3.14. The lowest BCUT2D eigenvalue weighted by atomic mass is 10.0. The molecule has 0 radical (unpaired) electrons. The molecule has 3 aromatic rings. The summed E-state index contributed by atoms with van der Waals surface area (Å²) in [4.78, 5) is 7.95. The zero-order chi connectivity index (χ0) is 14.8. The van der Waals surface area contributed by atoms with Crippen molar-refractivity contribution >= 4 is 11.0 Å². The standard InChI is InChI=1S/C18H21N3/c1-12-8-13(2)10-15(9-12)14(3)19-11-18-20-16-6-4-5-7-17(16)21-18/h4-10,14,19H,11H2,1-3H3,(H,20,21). The van der Waals surface area contributed by atoms with Crippen LogP contribution >= 0.6 is 0 Å². The van der Waals surface area contributed by atoms with Gasteiger partial charge in [0.25, 0.3) is 0 Å². The molecule has 0 amide bonds. The molecule has 0 aliphatic carbocycles. The molecule has 2 aromatic carbocycles. The summed E-state index contributed by atoms with van der Waals surface area (Å²) >= 11 is 0. The molecular weight excluding hydrogens is 258 g/mol. The minimum absolute atomic E-state index is 0.303. The maximum atomic E-state index is 4.60. The number of aryl methyl sites for hydroxylation is 2. The minimum atomic E-state index is 0.303. The predicted octanol–water partition coefficient (Wildman–Crippen LogP) is 4.03. The number of nitrogens with one attached hydrogen (secondary N) is 2. The number of aromatic nitrogens is 2. The van der Waals surface area contributed by atoms with Crippen LogP contribution in [-0.4, -0.2) is 9.97 Å². The lowest BCUT2D eigenvalue weighted by Crippen LogP contribution is -2.19. The first-order valence-corrected chi connectivity index (χ1v) is 7.37. The maximum Gasteiger partial charge on any atom is 0.121 e. The van der Waals surface area contributed by atoms with Gasteiger partial charge in [-0.25, -0.2) is 4.98 Å². The Bertz CT molecular complexity index is 705. The molecule has 0 bridgehead atoms. The second-order valence-corrected chi connectivity index (χ2v) is 5.72. The molecule has 1 unspecified atom stereocenters. The third-order valence-corrected chi connectivity index (χ3v) is 3.76. The molecule has 3 heteroatoms. The molecule has 0 saturated heterocycles. The lowest BCUT2D eigenvalue weighted by molar-refractivity contribution is 0.562. The summed E-state index contributed by atoms with van der Waals surface area (Å²) in [5.41, 5.74) is 6.05. The van der Waals surface area contributed by atoms with E-state index in [0.717, 1.165) is 23.4 Å². The van der Waals surface area contributed by atoms with E-state index in [0.29, 0.717) is 6.04 Å². The molecule has 1 aromatic heterocycles. The number of hydrogen-bond acceptors (Lipinski definition) is 2. The number of rotatable bonds is 4. The highest BCUT2D eigenvalue weighted by molar-refractivity contribution is 5.74. The molecule has 21 heavy (non-hydrogen) atoms. The van der Waals surface area contributed by atoms with Crippen LogP contribution in [-0.2, 0) is 6.54 Å². The molecule has 1 heterocycles. The number of benzene rings is 2. The van der Waals surface area contributed by atoms with E-state index in [1.54, 1.807) is 0 Å². The molecule has 2 N–H and O–H groups in total. The molecule has 3 rings (SSSR count). The smallest absolute Gasteiger partial charge is 0.121 e. The van der Waals surface area contributed by atoms with Gasteiger partial charge in [0.1, 0.15) is 5.82 Å². The Morgan fingerprint density at radius 3 is 2.52 bits per heavy atom. The van der Waals surface area contributed by atoms with Gasteiger partial charge in [0.15, 0.2) is 0 Å². The van der Waals surface area contributed by atoms with Gasteiger partial charge in [0, 0.05) is 6.04 Å². The highest BCUT2D eigenvalue weighted by Gasteiger charge is 2.08. The average Bonchev–Trinajstić information content (AvgIpc) is 2.86. The average molecular weight is 279 g/mol. The summed E-state index contributed by atoms with van der Waals surface area (Å²) in [6.07, 6.45) is 0. The zero-order valence-corrected chi connectivity index (χ0v) is 12.8. The molecule has 1 atom stereocenters. The molecule has 0 aliphatic heterocycles. The van der Waals surface area contributed by atoms with Crippen LogP contribution < -0.4 is 5.32 Å². The van der Waals surface area contributed by atoms with Gasteiger partial charge in [-0.05, 0) is 38.5 Å². The first-order valence-electron chi connectivity index (χ1n) is 7.37. The normalized spacial score (nSPS) is 12.7. The van der Waals surface area contributed by atoms with Gasteiger partial charge < -0.3 is 10.3 Å². The Hall–Kier alpha value is -2.13. The summed E-state index contributed by atoms with van der Waals surface area (Å²) in [7, 11) is 0. The van der Waals surface area contributed by atoms with E-state index in [9.17, 15) is 0 Å². The Balaban J connectivity index is 1.71. The van der Waals surface area contributed by atoms with Crippen molar-refractivity contribution in [3.8, 4) is 0 Å². The summed E-state index contributed by atoms with van der Waals surface area (Å²) in [6, 6.07) is 15.1. The quantitative estimate of drug-likeness (QED) is 0.757. The second kappa shape index (κ2) is 5.70. The van der Waals surface area contributed by atoms with Crippen LogP contribution in [0.2, 0.25) is 0 Å². The van der Waals surface area contributed by atoms with Crippen LogP contribution in [0.25, 0.3) is 11.0 Å². The molecule has 0 saturated carbocycles. The monoisotopic (exact) mass is 279 g/mol. The number of hydrogen-bond donors (Lipinski definition) is 2. The summed E-state index contributed by atoms with van der Waals surface area (Å²) in [6.45, 7) is 7.21. The van der Waals surface area contributed by atoms with Gasteiger partial charge >= 0.3 is 0 Å². The third-order valence-electron chi connectivity index (χ3n) is 3.76. The molecule has 3 nitrogen and oxygen atoms in total. The Morgan fingerprint density at radius 1 is 1.10 bits per heavy atom. The highest BCUT2D eigenvalue weighted by Crippen LogP contribution is 2.17. The predicted molar refractivity (Wildman–Crippen MR) is 87.3 cm³/mol. The first kappa shape index (κ1) is 13.8. The van der Waals surface area contributed by atoms with Crippen LogP contribution in [0, 0.1) is 13.8 Å². The number of fused-ring (bicyclic) bond motifs is 1. The highest BCUT2D eigenvalue weighted by atomic mass is 15.0. The van der Waals surface area contributed by atoms with Crippen molar-refractivity contribution in [1.82, 2.24) is 15.3 Å². The van der Waals surface area contributed by atoms with E-state index in [4.69, 9.17) is 0 Å². The van der Waals surface area contributed by atoms with E-state index in [2.05, 4.69) is 60.3 Å². The molecule has 0 aliphatic rings. The molecule has 0 spiro atoms. The van der Waals surface area contributed by atoms with Crippen molar-refractivity contribution < 1.29 is 0 Å².